The summed E-state index contributed by atoms with van der Waals surface area (Å²) in [5, 5.41) is 10.4. The van der Waals surface area contributed by atoms with E-state index in [0.717, 1.165) is 0 Å². The van der Waals surface area contributed by atoms with Gasteiger partial charge >= 0.3 is 0 Å². The van der Waals surface area contributed by atoms with E-state index in [1.165, 1.54) is 6.07 Å². The third-order valence-corrected chi connectivity index (χ3v) is 6.02. The summed E-state index contributed by atoms with van der Waals surface area (Å²) in [5.41, 5.74) is 2.28. The lowest BCUT2D eigenvalue weighted by Gasteiger charge is -2.18. The van der Waals surface area contributed by atoms with Crippen LogP contribution >= 0.6 is 0 Å². The number of pyridine rings is 1. The van der Waals surface area contributed by atoms with Crippen LogP contribution in [0.1, 0.15) is 42.3 Å². The van der Waals surface area contributed by atoms with Gasteiger partial charge in [-0.05, 0) is 69.2 Å². The number of aryl methyl sites for hydroxylation is 1. The van der Waals surface area contributed by atoms with Crippen molar-refractivity contribution in [3.63, 3.8) is 0 Å². The Morgan fingerprint density at radius 1 is 1.10 bits per heavy atom. The van der Waals surface area contributed by atoms with Gasteiger partial charge in [-0.3, -0.25) is 19.3 Å². The minimum Gasteiger partial charge on any atom is -0.456 e. The standard InChI is InChI=1S/C29H32FN5O4/c1-18-12-20(14-27(36)34-21-16-33-35(17-21)29(2,3)4)23(30)15-26(18)39-25-8-9-31-24-7-6-19(13-22(24)25)28(37)32-10-11-38-5/h6-9,12-13,15-17H,10-11,14H2,1-5H3,(H,32,37)(H,34,36). The zero-order chi connectivity index (χ0) is 28.2. The van der Waals surface area contributed by atoms with E-state index in [9.17, 15) is 9.59 Å². The zero-order valence-corrected chi connectivity index (χ0v) is 22.7. The summed E-state index contributed by atoms with van der Waals surface area (Å²) < 4.78 is 27.9. The highest BCUT2D eigenvalue weighted by Gasteiger charge is 2.17. The van der Waals surface area contributed by atoms with E-state index in [1.54, 1.807) is 67.6 Å². The quantitative estimate of drug-likeness (QED) is 0.294. The molecule has 2 heterocycles. The Morgan fingerprint density at radius 2 is 1.90 bits per heavy atom. The summed E-state index contributed by atoms with van der Waals surface area (Å²) in [4.78, 5) is 29.4. The van der Waals surface area contributed by atoms with Gasteiger partial charge in [-0.1, -0.05) is 0 Å². The summed E-state index contributed by atoms with van der Waals surface area (Å²) >= 11 is 0. The number of amides is 2. The predicted molar refractivity (Wildman–Crippen MR) is 147 cm³/mol. The first-order valence-electron chi connectivity index (χ1n) is 12.5. The number of rotatable bonds is 9. The third kappa shape index (κ3) is 6.77. The zero-order valence-electron chi connectivity index (χ0n) is 22.7. The topological polar surface area (TPSA) is 107 Å². The minimum absolute atomic E-state index is 0.145. The summed E-state index contributed by atoms with van der Waals surface area (Å²) in [6.45, 7) is 8.57. The van der Waals surface area contributed by atoms with Crippen LogP contribution in [0.4, 0.5) is 10.1 Å². The molecule has 39 heavy (non-hydrogen) atoms. The Morgan fingerprint density at radius 3 is 2.62 bits per heavy atom. The number of carbonyl (C=O) groups is 2. The number of nitrogens with one attached hydrogen (secondary N) is 2. The lowest BCUT2D eigenvalue weighted by Crippen LogP contribution is -2.26. The van der Waals surface area contributed by atoms with Gasteiger partial charge in [-0.15, -0.1) is 0 Å². The molecule has 0 aliphatic rings. The molecule has 2 N–H and O–H groups in total. The Labute approximate surface area is 226 Å². The van der Waals surface area contributed by atoms with Crippen molar-refractivity contribution >= 4 is 28.4 Å². The molecule has 9 nitrogen and oxygen atoms in total. The Hall–Kier alpha value is -4.31. The number of hydrogen-bond acceptors (Lipinski definition) is 6. The molecule has 4 rings (SSSR count). The van der Waals surface area contributed by atoms with Crippen LogP contribution in [-0.4, -0.2) is 46.8 Å². The van der Waals surface area contributed by atoms with Crippen LogP contribution in [-0.2, 0) is 21.5 Å². The number of methoxy groups -OCH3 is 1. The molecular weight excluding hydrogens is 501 g/mol. The second kappa shape index (κ2) is 11.6. The van der Waals surface area contributed by atoms with Gasteiger partial charge in [0.1, 0.15) is 17.3 Å². The molecule has 2 aromatic carbocycles. The molecule has 0 radical (unpaired) electrons. The molecule has 4 aromatic rings. The normalized spacial score (nSPS) is 11.4. The van der Waals surface area contributed by atoms with E-state index >= 15 is 4.39 Å². The molecule has 0 saturated carbocycles. The first kappa shape index (κ1) is 27.7. The number of halogens is 1. The van der Waals surface area contributed by atoms with Crippen molar-refractivity contribution in [2.45, 2.75) is 39.7 Å². The van der Waals surface area contributed by atoms with Crippen molar-refractivity contribution in [1.82, 2.24) is 20.1 Å². The third-order valence-electron chi connectivity index (χ3n) is 6.02. The van der Waals surface area contributed by atoms with Crippen LogP contribution in [0.25, 0.3) is 10.9 Å². The molecule has 0 bridgehead atoms. The van der Waals surface area contributed by atoms with Gasteiger partial charge in [0.2, 0.25) is 5.91 Å². The summed E-state index contributed by atoms with van der Waals surface area (Å²) in [5.74, 6) is -0.445. The maximum atomic E-state index is 15.1. The molecule has 0 saturated heterocycles. The van der Waals surface area contributed by atoms with Crippen molar-refractivity contribution in [3.8, 4) is 11.5 Å². The second-order valence-corrected chi connectivity index (χ2v) is 10.2. The molecule has 0 spiro atoms. The van der Waals surface area contributed by atoms with Gasteiger partial charge in [-0.25, -0.2) is 4.39 Å². The predicted octanol–water partition coefficient (Wildman–Crippen LogP) is 4.98. The van der Waals surface area contributed by atoms with Crippen LogP contribution < -0.4 is 15.4 Å². The highest BCUT2D eigenvalue weighted by molar-refractivity contribution is 5.99. The molecule has 0 fully saturated rings. The molecule has 10 heteroatoms. The second-order valence-electron chi connectivity index (χ2n) is 10.2. The number of fused-ring (bicyclic) bond motifs is 1. The first-order valence-corrected chi connectivity index (χ1v) is 12.5. The van der Waals surface area contributed by atoms with Crippen LogP contribution in [0, 0.1) is 12.7 Å². The maximum absolute atomic E-state index is 15.1. The average Bonchev–Trinajstić information content (AvgIpc) is 3.36. The SMILES string of the molecule is COCCNC(=O)c1ccc2nccc(Oc3cc(F)c(CC(=O)Nc4cnn(C(C)(C)C)c4)cc3C)c2c1. The maximum Gasteiger partial charge on any atom is 0.251 e. The number of anilines is 1. The summed E-state index contributed by atoms with van der Waals surface area (Å²) in [6.07, 6.45) is 4.75. The van der Waals surface area contributed by atoms with Crippen LogP contribution in [0.2, 0.25) is 0 Å². The van der Waals surface area contributed by atoms with E-state index in [4.69, 9.17) is 9.47 Å². The fraction of sp³-hybridized carbons (Fsp3) is 0.310. The van der Waals surface area contributed by atoms with Gasteiger partial charge in [0, 0.05) is 43.1 Å². The molecule has 0 aliphatic heterocycles. The molecule has 0 unspecified atom stereocenters. The van der Waals surface area contributed by atoms with Crippen molar-refractivity contribution in [2.24, 2.45) is 0 Å². The fourth-order valence-corrected chi connectivity index (χ4v) is 3.94. The van der Waals surface area contributed by atoms with E-state index in [0.29, 0.717) is 52.4 Å². The Kier molecular flexibility index (Phi) is 8.25. The number of hydrogen-bond donors (Lipinski definition) is 2. The number of carbonyl (C=O) groups excluding carboxylic acids is 2. The van der Waals surface area contributed by atoms with Crippen LogP contribution in [0.15, 0.2) is 55.0 Å². The van der Waals surface area contributed by atoms with Gasteiger partial charge < -0.3 is 20.1 Å². The molecule has 204 valence electrons. The van der Waals surface area contributed by atoms with Crippen molar-refractivity contribution in [2.75, 3.05) is 25.6 Å². The lowest BCUT2D eigenvalue weighted by molar-refractivity contribution is -0.115. The summed E-state index contributed by atoms with van der Waals surface area (Å²) in [7, 11) is 1.56. The van der Waals surface area contributed by atoms with Gasteiger partial charge in [-0.2, -0.15) is 5.10 Å². The van der Waals surface area contributed by atoms with Crippen molar-refractivity contribution < 1.29 is 23.5 Å². The lowest BCUT2D eigenvalue weighted by atomic mass is 10.1. The number of ether oxygens (including phenoxy) is 2. The minimum atomic E-state index is -0.562. The Bertz CT molecular complexity index is 1510. The van der Waals surface area contributed by atoms with E-state index < -0.39 is 5.82 Å². The molecule has 2 aromatic heterocycles. The van der Waals surface area contributed by atoms with E-state index in [-0.39, 0.29) is 29.3 Å². The van der Waals surface area contributed by atoms with Crippen molar-refractivity contribution in [1.29, 1.82) is 0 Å². The number of aromatic nitrogens is 3. The largest absolute Gasteiger partial charge is 0.456 e. The average molecular weight is 534 g/mol. The fourth-order valence-electron chi connectivity index (χ4n) is 3.94. The van der Waals surface area contributed by atoms with Gasteiger partial charge in [0.25, 0.3) is 5.91 Å². The number of benzene rings is 2. The molecule has 2 amide bonds. The highest BCUT2D eigenvalue weighted by Crippen LogP contribution is 2.32. The monoisotopic (exact) mass is 533 g/mol. The van der Waals surface area contributed by atoms with Gasteiger partial charge in [0.05, 0.1) is 36.0 Å². The number of nitrogens with zero attached hydrogens (tertiary/aromatic N) is 3. The van der Waals surface area contributed by atoms with Crippen LogP contribution in [0.3, 0.4) is 0 Å². The molecule has 0 atom stereocenters. The van der Waals surface area contributed by atoms with Crippen molar-refractivity contribution in [3.05, 3.63) is 77.5 Å². The van der Waals surface area contributed by atoms with Crippen LogP contribution in [0.5, 0.6) is 11.5 Å². The van der Waals surface area contributed by atoms with E-state index in [2.05, 4.69) is 20.7 Å². The van der Waals surface area contributed by atoms with E-state index in [1.807, 2.05) is 20.8 Å². The molecule has 0 aliphatic carbocycles. The first-order chi connectivity index (χ1) is 18.5. The Balaban J connectivity index is 1.50. The van der Waals surface area contributed by atoms with Gasteiger partial charge in [0.15, 0.2) is 0 Å². The highest BCUT2D eigenvalue weighted by atomic mass is 19.1. The molecular formula is C29H32FN5O4. The smallest absolute Gasteiger partial charge is 0.251 e. The summed E-state index contributed by atoms with van der Waals surface area (Å²) in [6, 6.07) is 9.62.